The Morgan fingerprint density at radius 3 is 1.90 bits per heavy atom. The summed E-state index contributed by atoms with van der Waals surface area (Å²) in [6, 6.07) is 0. The Bertz CT molecular complexity index is 162. The van der Waals surface area contributed by atoms with E-state index in [4.69, 9.17) is 0 Å². The second-order valence-corrected chi connectivity index (χ2v) is 3.97. The molecule has 3 nitrogen and oxygen atoms in total. The molecule has 0 unspecified atom stereocenters. The van der Waals surface area contributed by atoms with Gasteiger partial charge in [0, 0.05) is 5.75 Å². The van der Waals surface area contributed by atoms with Crippen molar-refractivity contribution in [2.75, 3.05) is 5.75 Å². The van der Waals surface area contributed by atoms with Gasteiger partial charge in [0.25, 0.3) is 0 Å². The number of rotatable bonds is 3. The van der Waals surface area contributed by atoms with E-state index in [-0.39, 0.29) is 63.1 Å². The average Bonchev–Trinajstić information content (AvgIpc) is 1.59. The van der Waals surface area contributed by atoms with Crippen molar-refractivity contribution in [2.24, 2.45) is 5.92 Å². The SMILES string of the molecule is CC(C)CCS(=O)(=O)[O-].[K+]. The molecule has 0 aromatic heterocycles. The Balaban J connectivity index is 0. The van der Waals surface area contributed by atoms with Crippen LogP contribution in [0.1, 0.15) is 20.3 Å². The molecule has 5 heteroatoms. The Kier molecular flexibility index (Phi) is 8.60. The Morgan fingerprint density at radius 1 is 1.40 bits per heavy atom. The molecule has 0 saturated carbocycles. The molecular formula is C5H11KO3S. The molecule has 0 aromatic carbocycles. The minimum atomic E-state index is -3.97. The summed E-state index contributed by atoms with van der Waals surface area (Å²) in [6.07, 6.45) is 0.464. The van der Waals surface area contributed by atoms with Gasteiger partial charge in [-0.05, 0) is 12.3 Å². The van der Waals surface area contributed by atoms with E-state index in [1.54, 1.807) is 0 Å². The summed E-state index contributed by atoms with van der Waals surface area (Å²) in [5, 5.41) is 0. The molecule has 0 saturated heterocycles. The fourth-order valence-corrected chi connectivity index (χ4v) is 1.14. The van der Waals surface area contributed by atoms with Crippen LogP contribution in [0.5, 0.6) is 0 Å². The molecule has 0 heterocycles. The van der Waals surface area contributed by atoms with Crippen LogP contribution >= 0.6 is 0 Å². The van der Waals surface area contributed by atoms with Crippen LogP contribution in [0, 0.1) is 5.92 Å². The number of hydrogen-bond acceptors (Lipinski definition) is 3. The first kappa shape index (κ1) is 14.1. The average molecular weight is 190 g/mol. The summed E-state index contributed by atoms with van der Waals surface area (Å²) in [4.78, 5) is 0. The maximum absolute atomic E-state index is 9.98. The zero-order valence-corrected chi connectivity index (χ0v) is 10.6. The van der Waals surface area contributed by atoms with E-state index in [0.717, 1.165) is 0 Å². The Morgan fingerprint density at radius 2 is 1.80 bits per heavy atom. The predicted octanol–water partition coefficient (Wildman–Crippen LogP) is -2.42. The van der Waals surface area contributed by atoms with E-state index >= 15 is 0 Å². The second-order valence-electron chi connectivity index (χ2n) is 2.44. The molecular weight excluding hydrogens is 179 g/mol. The van der Waals surface area contributed by atoms with Crippen molar-refractivity contribution in [3.63, 3.8) is 0 Å². The molecule has 0 aromatic rings. The van der Waals surface area contributed by atoms with Crippen LogP contribution < -0.4 is 51.4 Å². The summed E-state index contributed by atoms with van der Waals surface area (Å²) >= 11 is 0. The molecule has 0 aliphatic rings. The van der Waals surface area contributed by atoms with Gasteiger partial charge in [0.2, 0.25) is 0 Å². The van der Waals surface area contributed by atoms with Gasteiger partial charge >= 0.3 is 51.4 Å². The van der Waals surface area contributed by atoms with E-state index in [0.29, 0.717) is 6.42 Å². The molecule has 0 radical (unpaired) electrons. The molecule has 0 atom stereocenters. The third kappa shape index (κ3) is 12.2. The maximum Gasteiger partial charge on any atom is 1.00 e. The topological polar surface area (TPSA) is 57.2 Å². The second kappa shape index (κ2) is 6.11. The largest absolute Gasteiger partial charge is 1.00 e. The monoisotopic (exact) mass is 190 g/mol. The smallest absolute Gasteiger partial charge is 0.748 e. The van der Waals surface area contributed by atoms with Crippen LogP contribution in [0.2, 0.25) is 0 Å². The zero-order valence-electron chi connectivity index (χ0n) is 6.62. The van der Waals surface area contributed by atoms with Gasteiger partial charge in [-0.3, -0.25) is 0 Å². The van der Waals surface area contributed by atoms with Crippen molar-refractivity contribution in [3.05, 3.63) is 0 Å². The van der Waals surface area contributed by atoms with Gasteiger partial charge in [-0.1, -0.05) is 13.8 Å². The molecule has 0 fully saturated rings. The summed E-state index contributed by atoms with van der Waals surface area (Å²) in [7, 11) is -3.97. The van der Waals surface area contributed by atoms with Crippen molar-refractivity contribution in [1.29, 1.82) is 0 Å². The van der Waals surface area contributed by atoms with Crippen molar-refractivity contribution in [3.8, 4) is 0 Å². The summed E-state index contributed by atoms with van der Waals surface area (Å²) in [5.41, 5.74) is 0. The van der Waals surface area contributed by atoms with Gasteiger partial charge in [-0.25, -0.2) is 8.42 Å². The molecule has 0 N–H and O–H groups in total. The van der Waals surface area contributed by atoms with Crippen LogP contribution in [0.3, 0.4) is 0 Å². The fraction of sp³-hybridized carbons (Fsp3) is 1.00. The molecule has 0 amide bonds. The molecule has 0 rings (SSSR count). The fourth-order valence-electron chi connectivity index (χ4n) is 0.380. The minimum absolute atomic E-state index is 0. The summed E-state index contributed by atoms with van der Waals surface area (Å²) < 4.78 is 29.9. The first-order valence-electron chi connectivity index (χ1n) is 2.85. The molecule has 0 bridgehead atoms. The summed E-state index contributed by atoms with van der Waals surface area (Å²) in [6.45, 7) is 3.76. The van der Waals surface area contributed by atoms with Gasteiger partial charge in [0.1, 0.15) is 0 Å². The van der Waals surface area contributed by atoms with E-state index in [1.165, 1.54) is 0 Å². The summed E-state index contributed by atoms with van der Waals surface area (Å²) in [5.74, 6) is 0.0544. The minimum Gasteiger partial charge on any atom is -0.748 e. The van der Waals surface area contributed by atoms with Gasteiger partial charge in [0.15, 0.2) is 0 Å². The van der Waals surface area contributed by atoms with Crippen LogP contribution in [0.4, 0.5) is 0 Å². The Labute approximate surface area is 105 Å². The van der Waals surface area contributed by atoms with Crippen molar-refractivity contribution < 1.29 is 64.4 Å². The van der Waals surface area contributed by atoms with Gasteiger partial charge in [-0.15, -0.1) is 0 Å². The van der Waals surface area contributed by atoms with E-state index < -0.39 is 10.1 Å². The Hall–Kier alpha value is 1.55. The molecule has 0 aliphatic heterocycles. The van der Waals surface area contributed by atoms with E-state index in [9.17, 15) is 13.0 Å². The van der Waals surface area contributed by atoms with Crippen LogP contribution in [0.15, 0.2) is 0 Å². The van der Waals surface area contributed by atoms with E-state index in [1.807, 2.05) is 13.8 Å². The first-order chi connectivity index (χ1) is 3.92. The predicted molar refractivity (Wildman–Crippen MR) is 34.0 cm³/mol. The standard InChI is InChI=1S/C5H12O3S.K/c1-5(2)3-4-9(6,7)8;/h5H,3-4H2,1-2H3,(H,6,7,8);/q;+1/p-1. The van der Waals surface area contributed by atoms with E-state index in [2.05, 4.69) is 0 Å². The third-order valence-corrected chi connectivity index (χ3v) is 1.68. The van der Waals surface area contributed by atoms with Gasteiger partial charge < -0.3 is 4.55 Å². The zero-order chi connectivity index (χ0) is 7.49. The molecule has 56 valence electrons. The maximum atomic E-state index is 9.98. The van der Waals surface area contributed by atoms with Crippen LogP contribution in [-0.2, 0) is 10.1 Å². The number of hydrogen-bond donors (Lipinski definition) is 0. The van der Waals surface area contributed by atoms with Crippen molar-refractivity contribution in [2.45, 2.75) is 20.3 Å². The van der Waals surface area contributed by atoms with Crippen molar-refractivity contribution in [1.82, 2.24) is 0 Å². The normalized spacial score (nSPS) is 11.2. The van der Waals surface area contributed by atoms with Gasteiger partial charge in [0.05, 0.1) is 10.1 Å². The van der Waals surface area contributed by atoms with Crippen LogP contribution in [0.25, 0.3) is 0 Å². The third-order valence-electron chi connectivity index (χ3n) is 0.945. The first-order valence-corrected chi connectivity index (χ1v) is 4.43. The van der Waals surface area contributed by atoms with Crippen LogP contribution in [-0.4, -0.2) is 18.7 Å². The molecule has 0 spiro atoms. The van der Waals surface area contributed by atoms with Gasteiger partial charge in [-0.2, -0.15) is 0 Å². The molecule has 10 heavy (non-hydrogen) atoms. The molecule has 0 aliphatic carbocycles. The van der Waals surface area contributed by atoms with Crippen molar-refractivity contribution >= 4 is 10.1 Å². The quantitative estimate of drug-likeness (QED) is 0.368.